The molecule has 2 fully saturated rings. The van der Waals surface area contributed by atoms with Crippen molar-refractivity contribution in [3.05, 3.63) is 64.2 Å². The van der Waals surface area contributed by atoms with Gasteiger partial charge in [0, 0.05) is 43.4 Å². The van der Waals surface area contributed by atoms with Gasteiger partial charge in [-0.05, 0) is 121 Å². The summed E-state index contributed by atoms with van der Waals surface area (Å²) in [7, 11) is 0. The number of phenols is 2. The van der Waals surface area contributed by atoms with E-state index in [4.69, 9.17) is 0 Å². The molecule has 0 bridgehead atoms. The number of amidine groups is 2. The molecule has 2 saturated heterocycles. The SMILES string of the molecule is O=C1N=C(N2CCCCN2)S/C1=C\c1cc(Br)c(F)c(Br)c1O.O=C1N=C(N2CCCCN2)S/C1=C\c1cc(Br)c(F)cc1O. The average molecular weight is 851 g/mol. The largest absolute Gasteiger partial charge is 0.507 e. The normalized spacial score (nSPS) is 20.5. The number of phenolic OH excluding ortho intramolecular Hbond substituents is 2. The second-order valence-corrected chi connectivity index (χ2v) is 14.4. The van der Waals surface area contributed by atoms with Crippen LogP contribution in [-0.2, 0) is 9.59 Å². The summed E-state index contributed by atoms with van der Waals surface area (Å²) in [6.07, 6.45) is 7.31. The van der Waals surface area contributed by atoms with Crippen molar-refractivity contribution in [2.24, 2.45) is 9.98 Å². The summed E-state index contributed by atoms with van der Waals surface area (Å²) in [6, 6.07) is 3.87. The first-order valence-electron chi connectivity index (χ1n) is 13.6. The van der Waals surface area contributed by atoms with E-state index in [1.807, 2.05) is 10.0 Å². The highest BCUT2D eigenvalue weighted by Crippen LogP contribution is 2.39. The number of halogens is 5. The van der Waals surface area contributed by atoms with Gasteiger partial charge in [-0.1, -0.05) is 0 Å². The lowest BCUT2D eigenvalue weighted by atomic mass is 10.2. The smallest absolute Gasteiger partial charge is 0.286 e. The Bertz CT molecular complexity index is 1660. The van der Waals surface area contributed by atoms with Crippen molar-refractivity contribution in [3.63, 3.8) is 0 Å². The third kappa shape index (κ3) is 8.18. The van der Waals surface area contributed by atoms with Gasteiger partial charge in [0.15, 0.2) is 16.2 Å². The zero-order valence-corrected chi connectivity index (χ0v) is 29.6. The fourth-order valence-corrected chi connectivity index (χ4v) is 7.73. The number of amides is 2. The minimum Gasteiger partial charge on any atom is -0.507 e. The molecular formula is C28H25Br3F2N6O4S2. The molecule has 238 valence electrons. The Morgan fingerprint density at radius 3 is 1.80 bits per heavy atom. The van der Waals surface area contributed by atoms with Crippen molar-refractivity contribution in [1.29, 1.82) is 0 Å². The minimum absolute atomic E-state index is 0.0481. The molecule has 0 unspecified atom stereocenters. The highest BCUT2D eigenvalue weighted by molar-refractivity contribution is 9.11. The second kappa shape index (κ2) is 15.1. The van der Waals surface area contributed by atoms with E-state index in [-0.39, 0.29) is 36.7 Å². The maximum absolute atomic E-state index is 13.7. The molecule has 10 nitrogen and oxygen atoms in total. The van der Waals surface area contributed by atoms with Crippen LogP contribution < -0.4 is 10.9 Å². The van der Waals surface area contributed by atoms with Crippen LogP contribution in [0.2, 0.25) is 0 Å². The van der Waals surface area contributed by atoms with Crippen molar-refractivity contribution >= 4 is 106 Å². The third-order valence-corrected chi connectivity index (χ3v) is 10.6. The van der Waals surface area contributed by atoms with Gasteiger partial charge in [0.2, 0.25) is 0 Å². The summed E-state index contributed by atoms with van der Waals surface area (Å²) >= 11 is 11.6. The van der Waals surface area contributed by atoms with Gasteiger partial charge in [-0.15, -0.1) is 0 Å². The van der Waals surface area contributed by atoms with Gasteiger partial charge in [-0.25, -0.2) is 19.6 Å². The first kappa shape index (κ1) is 34.1. The number of hydrazine groups is 2. The molecule has 4 aliphatic rings. The summed E-state index contributed by atoms with van der Waals surface area (Å²) in [5, 5.41) is 24.8. The number of hydrogen-bond acceptors (Lipinski definition) is 10. The average Bonchev–Trinajstić information content (AvgIpc) is 3.60. The maximum atomic E-state index is 13.7. The van der Waals surface area contributed by atoms with Crippen molar-refractivity contribution < 1.29 is 28.6 Å². The summed E-state index contributed by atoms with van der Waals surface area (Å²) < 4.78 is 27.4. The molecule has 0 atom stereocenters. The monoisotopic (exact) mass is 848 g/mol. The second-order valence-electron chi connectivity index (χ2n) is 9.90. The number of carbonyl (C=O) groups is 2. The van der Waals surface area contributed by atoms with Crippen molar-refractivity contribution in [1.82, 2.24) is 20.9 Å². The summed E-state index contributed by atoms with van der Waals surface area (Å²) in [4.78, 5) is 32.9. The molecule has 0 aliphatic carbocycles. The Morgan fingerprint density at radius 2 is 1.29 bits per heavy atom. The van der Waals surface area contributed by atoms with E-state index >= 15 is 0 Å². The Hall–Kier alpha value is -2.28. The van der Waals surface area contributed by atoms with Gasteiger partial charge in [0.05, 0.1) is 23.2 Å². The van der Waals surface area contributed by atoms with E-state index in [0.29, 0.717) is 31.3 Å². The number of thioether (sulfide) groups is 2. The molecule has 4 N–H and O–H groups in total. The van der Waals surface area contributed by atoms with Gasteiger partial charge in [0.1, 0.15) is 17.3 Å². The predicted octanol–water partition coefficient (Wildman–Crippen LogP) is 6.49. The molecular weight excluding hydrogens is 826 g/mol. The number of carbonyl (C=O) groups excluding carboxylic acids is 2. The quantitative estimate of drug-likeness (QED) is 0.197. The Balaban J connectivity index is 0.000000178. The summed E-state index contributed by atoms with van der Waals surface area (Å²) in [5.41, 5.74) is 7.09. The molecule has 2 aromatic carbocycles. The molecule has 0 spiro atoms. The first-order chi connectivity index (χ1) is 21.5. The lowest BCUT2D eigenvalue weighted by Gasteiger charge is -2.28. The van der Waals surface area contributed by atoms with Crippen LogP contribution >= 0.6 is 71.3 Å². The number of aromatic hydroxyl groups is 2. The van der Waals surface area contributed by atoms with Crippen molar-refractivity contribution in [2.45, 2.75) is 25.7 Å². The lowest BCUT2D eigenvalue weighted by Crippen LogP contribution is -2.45. The number of rotatable bonds is 2. The molecule has 4 heterocycles. The number of nitrogens with zero attached hydrogens (tertiary/aromatic N) is 4. The lowest BCUT2D eigenvalue weighted by molar-refractivity contribution is -0.114. The van der Waals surface area contributed by atoms with Crippen LogP contribution in [0.25, 0.3) is 12.2 Å². The van der Waals surface area contributed by atoms with Crippen LogP contribution in [0.3, 0.4) is 0 Å². The molecule has 0 saturated carbocycles. The molecule has 6 rings (SSSR count). The first-order valence-corrected chi connectivity index (χ1v) is 17.6. The maximum Gasteiger partial charge on any atom is 0.286 e. The molecule has 45 heavy (non-hydrogen) atoms. The van der Waals surface area contributed by atoms with Crippen LogP contribution in [0.1, 0.15) is 36.8 Å². The van der Waals surface area contributed by atoms with Gasteiger partial charge < -0.3 is 10.2 Å². The predicted molar refractivity (Wildman–Crippen MR) is 183 cm³/mol. The number of nitrogens with one attached hydrogen (secondary N) is 2. The fraction of sp³-hybridized carbons (Fsp3) is 0.286. The Kier molecular flexibility index (Phi) is 11.4. The highest BCUT2D eigenvalue weighted by Gasteiger charge is 2.29. The van der Waals surface area contributed by atoms with E-state index in [9.17, 15) is 28.6 Å². The number of hydrogen-bond donors (Lipinski definition) is 4. The van der Waals surface area contributed by atoms with E-state index in [0.717, 1.165) is 57.9 Å². The van der Waals surface area contributed by atoms with Crippen molar-refractivity contribution in [3.8, 4) is 11.5 Å². The summed E-state index contributed by atoms with van der Waals surface area (Å²) in [5.74, 6) is -2.34. The van der Waals surface area contributed by atoms with E-state index in [1.165, 1.54) is 47.8 Å². The van der Waals surface area contributed by atoms with Crippen LogP contribution in [0, 0.1) is 11.6 Å². The number of aliphatic imine (C=N–C) groups is 2. The van der Waals surface area contributed by atoms with Crippen LogP contribution in [-0.4, -0.2) is 68.6 Å². The Labute approximate surface area is 290 Å². The topological polar surface area (TPSA) is 130 Å². The van der Waals surface area contributed by atoms with Crippen molar-refractivity contribution in [2.75, 3.05) is 26.2 Å². The van der Waals surface area contributed by atoms with Crippen LogP contribution in [0.15, 0.2) is 51.4 Å². The highest BCUT2D eigenvalue weighted by atomic mass is 79.9. The summed E-state index contributed by atoms with van der Waals surface area (Å²) in [6.45, 7) is 3.31. The van der Waals surface area contributed by atoms with Gasteiger partial charge >= 0.3 is 0 Å². The molecule has 0 radical (unpaired) electrons. The minimum atomic E-state index is -0.593. The Morgan fingerprint density at radius 1 is 0.778 bits per heavy atom. The molecule has 2 aromatic rings. The van der Waals surface area contributed by atoms with Gasteiger partial charge in [-0.3, -0.25) is 19.6 Å². The van der Waals surface area contributed by atoms with E-state index < -0.39 is 11.6 Å². The van der Waals surface area contributed by atoms with E-state index in [1.54, 1.807) is 0 Å². The third-order valence-electron chi connectivity index (χ3n) is 6.71. The van der Waals surface area contributed by atoms with Crippen LogP contribution in [0.4, 0.5) is 8.78 Å². The standard InChI is InChI=1S/C14H12Br2FN3O2S.C14H13BrFN3O2S/c15-8-5-7(12(21)10(16)11(8)17)6-9-13(22)19-14(23-9)20-4-2-1-3-18-20;15-9-5-8(11(20)7-10(9)16)6-12-13(21)18-14(22-12)19-4-2-1-3-17-19/h5-6,18,21H,1-4H2;5-7,17,20H,1-4H2/b9-6-;12-6-. The molecule has 0 aromatic heterocycles. The fourth-order valence-electron chi connectivity index (χ4n) is 4.39. The van der Waals surface area contributed by atoms with Gasteiger partial charge in [-0.2, -0.15) is 9.98 Å². The van der Waals surface area contributed by atoms with Crippen LogP contribution in [0.5, 0.6) is 11.5 Å². The molecule has 4 aliphatic heterocycles. The van der Waals surface area contributed by atoms with Gasteiger partial charge in [0.25, 0.3) is 11.8 Å². The zero-order chi connectivity index (χ0) is 32.2. The molecule has 2 amide bonds. The molecule has 17 heteroatoms. The number of benzene rings is 2. The van der Waals surface area contributed by atoms with E-state index in [2.05, 4.69) is 68.6 Å². The zero-order valence-electron chi connectivity index (χ0n) is 23.2.